The monoisotopic (exact) mass is 277 g/mol. The first kappa shape index (κ1) is 14.0. The predicted octanol–water partition coefficient (Wildman–Crippen LogP) is 1.78. The second-order valence-corrected chi connectivity index (χ2v) is 4.35. The first-order valence-electron chi connectivity index (χ1n) is 6.38. The molecule has 0 spiro atoms. The van der Waals surface area contributed by atoms with Crippen LogP contribution in [0.2, 0.25) is 0 Å². The van der Waals surface area contributed by atoms with Gasteiger partial charge in [0.05, 0.1) is 6.54 Å². The Morgan fingerprint density at radius 1 is 1.20 bits per heavy atom. The second kappa shape index (κ2) is 6.18. The number of hydrogen-bond donors (Lipinski definition) is 0. The molecule has 0 aromatic heterocycles. The SMILES string of the molecule is CCC(=O)Oc1ccccc1OC(=O)N1CCC(=O)C1. The van der Waals surface area contributed by atoms with Gasteiger partial charge >= 0.3 is 12.1 Å². The highest BCUT2D eigenvalue weighted by Crippen LogP contribution is 2.27. The van der Waals surface area contributed by atoms with Crippen molar-refractivity contribution < 1.29 is 23.9 Å². The molecule has 1 aliphatic rings. The zero-order chi connectivity index (χ0) is 14.5. The zero-order valence-electron chi connectivity index (χ0n) is 11.1. The third-order valence-electron chi connectivity index (χ3n) is 2.84. The first-order valence-corrected chi connectivity index (χ1v) is 6.38. The van der Waals surface area contributed by atoms with Crippen molar-refractivity contribution in [1.82, 2.24) is 4.90 Å². The van der Waals surface area contributed by atoms with Crippen molar-refractivity contribution in [3.63, 3.8) is 0 Å². The Kier molecular flexibility index (Phi) is 4.34. The predicted molar refractivity (Wildman–Crippen MR) is 69.6 cm³/mol. The largest absolute Gasteiger partial charge is 0.423 e. The number of benzene rings is 1. The molecule has 0 saturated carbocycles. The number of Topliss-reactive ketones (excluding diaryl/α,β-unsaturated/α-hetero) is 1. The minimum absolute atomic E-state index is 0.00708. The number of carbonyl (C=O) groups excluding carboxylic acids is 3. The van der Waals surface area contributed by atoms with E-state index in [-0.39, 0.29) is 30.2 Å². The summed E-state index contributed by atoms with van der Waals surface area (Å²) >= 11 is 0. The fraction of sp³-hybridized carbons (Fsp3) is 0.357. The molecule has 0 atom stereocenters. The highest BCUT2D eigenvalue weighted by molar-refractivity contribution is 5.88. The van der Waals surface area contributed by atoms with Crippen LogP contribution in [0.25, 0.3) is 0 Å². The summed E-state index contributed by atoms with van der Waals surface area (Å²) < 4.78 is 10.3. The molecule has 1 aliphatic heterocycles. The summed E-state index contributed by atoms with van der Waals surface area (Å²) in [5, 5.41) is 0. The maximum atomic E-state index is 11.9. The van der Waals surface area contributed by atoms with Crippen LogP contribution in [0.15, 0.2) is 24.3 Å². The fourth-order valence-corrected chi connectivity index (χ4v) is 1.76. The van der Waals surface area contributed by atoms with E-state index < -0.39 is 12.1 Å². The van der Waals surface area contributed by atoms with Crippen molar-refractivity contribution in [3.8, 4) is 11.5 Å². The van der Waals surface area contributed by atoms with E-state index in [9.17, 15) is 14.4 Å². The van der Waals surface area contributed by atoms with Crippen LogP contribution in [0, 0.1) is 0 Å². The summed E-state index contributed by atoms with van der Waals surface area (Å²) in [5.41, 5.74) is 0. The maximum absolute atomic E-state index is 11.9. The number of hydrogen-bond acceptors (Lipinski definition) is 5. The topological polar surface area (TPSA) is 72.9 Å². The number of amides is 1. The van der Waals surface area contributed by atoms with Gasteiger partial charge in [-0.3, -0.25) is 9.59 Å². The Hall–Kier alpha value is -2.37. The number of esters is 1. The Morgan fingerprint density at radius 2 is 1.85 bits per heavy atom. The number of rotatable bonds is 3. The van der Waals surface area contributed by atoms with Crippen LogP contribution in [-0.4, -0.2) is 35.8 Å². The highest BCUT2D eigenvalue weighted by Gasteiger charge is 2.26. The molecule has 2 rings (SSSR count). The number of ether oxygens (including phenoxy) is 2. The van der Waals surface area contributed by atoms with Crippen LogP contribution in [0.5, 0.6) is 11.5 Å². The van der Waals surface area contributed by atoms with E-state index in [0.29, 0.717) is 13.0 Å². The number of likely N-dealkylation sites (tertiary alicyclic amines) is 1. The van der Waals surface area contributed by atoms with Gasteiger partial charge in [0.15, 0.2) is 17.3 Å². The third kappa shape index (κ3) is 3.34. The normalized spacial score (nSPS) is 14.2. The van der Waals surface area contributed by atoms with Crippen molar-refractivity contribution in [2.75, 3.05) is 13.1 Å². The van der Waals surface area contributed by atoms with Crippen LogP contribution in [0.4, 0.5) is 4.79 Å². The molecule has 0 N–H and O–H groups in total. The molecule has 1 saturated heterocycles. The van der Waals surface area contributed by atoms with Crippen molar-refractivity contribution >= 4 is 17.8 Å². The summed E-state index contributed by atoms with van der Waals surface area (Å²) in [6.45, 7) is 2.09. The summed E-state index contributed by atoms with van der Waals surface area (Å²) in [4.78, 5) is 35.6. The molecule has 0 unspecified atom stereocenters. The fourth-order valence-electron chi connectivity index (χ4n) is 1.76. The number of para-hydroxylation sites is 2. The van der Waals surface area contributed by atoms with E-state index >= 15 is 0 Å². The van der Waals surface area contributed by atoms with Gasteiger partial charge in [-0.2, -0.15) is 0 Å². The third-order valence-corrected chi connectivity index (χ3v) is 2.84. The highest BCUT2D eigenvalue weighted by atomic mass is 16.6. The van der Waals surface area contributed by atoms with Gasteiger partial charge in [0.2, 0.25) is 0 Å². The second-order valence-electron chi connectivity index (χ2n) is 4.35. The quantitative estimate of drug-likeness (QED) is 0.622. The number of nitrogens with zero attached hydrogens (tertiary/aromatic N) is 1. The molecular formula is C14H15NO5. The Morgan fingerprint density at radius 3 is 2.40 bits per heavy atom. The van der Waals surface area contributed by atoms with Gasteiger partial charge in [-0.05, 0) is 12.1 Å². The molecule has 0 bridgehead atoms. The van der Waals surface area contributed by atoms with Crippen molar-refractivity contribution in [2.24, 2.45) is 0 Å². The molecule has 0 radical (unpaired) electrons. The van der Waals surface area contributed by atoms with Crippen molar-refractivity contribution in [1.29, 1.82) is 0 Å². The molecule has 1 aromatic rings. The van der Waals surface area contributed by atoms with Gasteiger partial charge in [0, 0.05) is 19.4 Å². The van der Waals surface area contributed by atoms with Crippen LogP contribution in [-0.2, 0) is 9.59 Å². The van der Waals surface area contributed by atoms with Gasteiger partial charge in [0.1, 0.15) is 0 Å². The molecule has 1 aromatic carbocycles. The summed E-state index contributed by atoms with van der Waals surface area (Å²) in [7, 11) is 0. The van der Waals surface area contributed by atoms with Gasteiger partial charge in [-0.1, -0.05) is 19.1 Å². The lowest BCUT2D eigenvalue weighted by molar-refractivity contribution is -0.134. The molecule has 20 heavy (non-hydrogen) atoms. The molecule has 0 aliphatic carbocycles. The average molecular weight is 277 g/mol. The van der Waals surface area contributed by atoms with Gasteiger partial charge in [0.25, 0.3) is 0 Å². The van der Waals surface area contributed by atoms with E-state index in [1.807, 2.05) is 0 Å². The van der Waals surface area contributed by atoms with E-state index in [1.54, 1.807) is 25.1 Å². The molecule has 1 fully saturated rings. The minimum Gasteiger partial charge on any atom is -0.423 e. The zero-order valence-corrected chi connectivity index (χ0v) is 11.1. The van der Waals surface area contributed by atoms with Gasteiger partial charge < -0.3 is 14.4 Å². The maximum Gasteiger partial charge on any atom is 0.415 e. The average Bonchev–Trinajstić information content (AvgIpc) is 2.87. The summed E-state index contributed by atoms with van der Waals surface area (Å²) in [6, 6.07) is 6.43. The Balaban J connectivity index is 2.07. The number of carbonyl (C=O) groups is 3. The van der Waals surface area contributed by atoms with Crippen molar-refractivity contribution in [3.05, 3.63) is 24.3 Å². The van der Waals surface area contributed by atoms with Crippen LogP contribution in [0.1, 0.15) is 19.8 Å². The first-order chi connectivity index (χ1) is 9.60. The summed E-state index contributed by atoms with van der Waals surface area (Å²) in [6.07, 6.45) is -0.0411. The van der Waals surface area contributed by atoms with E-state index in [0.717, 1.165) is 0 Å². The van der Waals surface area contributed by atoms with Gasteiger partial charge in [-0.15, -0.1) is 0 Å². The van der Waals surface area contributed by atoms with Crippen LogP contribution >= 0.6 is 0 Å². The standard InChI is InChI=1S/C14H15NO5/c1-2-13(17)19-11-5-3-4-6-12(11)20-14(18)15-8-7-10(16)9-15/h3-6H,2,7-9H2,1H3. The lowest BCUT2D eigenvalue weighted by Gasteiger charge is -2.15. The van der Waals surface area contributed by atoms with Crippen LogP contribution in [0.3, 0.4) is 0 Å². The molecule has 1 heterocycles. The molecule has 106 valence electrons. The Bertz CT molecular complexity index is 540. The minimum atomic E-state index is -0.615. The van der Waals surface area contributed by atoms with Crippen LogP contribution < -0.4 is 9.47 Å². The lowest BCUT2D eigenvalue weighted by atomic mass is 10.3. The van der Waals surface area contributed by atoms with E-state index in [2.05, 4.69) is 0 Å². The molecule has 6 nitrogen and oxygen atoms in total. The molecular weight excluding hydrogens is 262 g/mol. The van der Waals surface area contributed by atoms with Gasteiger partial charge in [-0.25, -0.2) is 4.79 Å². The lowest BCUT2D eigenvalue weighted by Crippen LogP contribution is -2.31. The van der Waals surface area contributed by atoms with Crippen molar-refractivity contribution in [2.45, 2.75) is 19.8 Å². The van der Waals surface area contributed by atoms with E-state index in [1.165, 1.54) is 11.0 Å². The molecule has 1 amide bonds. The Labute approximate surface area is 116 Å². The van der Waals surface area contributed by atoms with E-state index in [4.69, 9.17) is 9.47 Å². The molecule has 6 heteroatoms. The summed E-state index contributed by atoms with van der Waals surface area (Å²) in [5.74, 6) is -0.0469. The smallest absolute Gasteiger partial charge is 0.415 e. The number of ketones is 1.